The van der Waals surface area contributed by atoms with Crippen LogP contribution in [-0.2, 0) is 9.59 Å². The van der Waals surface area contributed by atoms with Crippen molar-refractivity contribution in [2.45, 2.75) is 25.9 Å². The van der Waals surface area contributed by atoms with Crippen LogP contribution in [0.15, 0.2) is 42.5 Å². The van der Waals surface area contributed by atoms with Crippen molar-refractivity contribution < 1.29 is 9.59 Å². The predicted molar refractivity (Wildman–Crippen MR) is 83.8 cm³/mol. The molecule has 0 fully saturated rings. The summed E-state index contributed by atoms with van der Waals surface area (Å²) in [5, 5.41) is 7.49. The van der Waals surface area contributed by atoms with Crippen LogP contribution in [0.3, 0.4) is 0 Å². The van der Waals surface area contributed by atoms with Crippen molar-refractivity contribution >= 4 is 28.3 Å². The molecule has 2 aromatic rings. The van der Waals surface area contributed by atoms with Crippen LogP contribution in [0.5, 0.6) is 0 Å². The first kappa shape index (κ1) is 15.0. The second-order valence-electron chi connectivity index (χ2n) is 5.07. The minimum atomic E-state index is -0.644. The summed E-state index contributed by atoms with van der Waals surface area (Å²) in [7, 11) is 0. The van der Waals surface area contributed by atoms with E-state index in [2.05, 4.69) is 10.6 Å². The van der Waals surface area contributed by atoms with E-state index >= 15 is 0 Å². The van der Waals surface area contributed by atoms with Crippen LogP contribution in [0, 0.1) is 0 Å². The Hall–Kier alpha value is -2.40. The molecule has 0 radical (unpaired) electrons. The Bertz CT molecular complexity index is 667. The maximum Gasteiger partial charge on any atom is 0.246 e. The van der Waals surface area contributed by atoms with Gasteiger partial charge >= 0.3 is 0 Å². The Balaban J connectivity index is 2.05. The second kappa shape index (κ2) is 6.37. The molecule has 2 rings (SSSR count). The summed E-state index contributed by atoms with van der Waals surface area (Å²) in [6, 6.07) is 12.3. The van der Waals surface area contributed by atoms with Gasteiger partial charge in [0.2, 0.25) is 11.8 Å². The number of benzene rings is 2. The zero-order valence-corrected chi connectivity index (χ0v) is 12.1. The molecule has 0 heterocycles. The molecule has 2 atom stereocenters. The third kappa shape index (κ3) is 3.79. The zero-order chi connectivity index (χ0) is 15.4. The molecule has 0 aliphatic heterocycles. The number of rotatable bonds is 4. The van der Waals surface area contributed by atoms with E-state index in [9.17, 15) is 9.59 Å². The number of hydrogen-bond donors (Lipinski definition) is 3. The number of nitrogens with one attached hydrogen (secondary N) is 2. The summed E-state index contributed by atoms with van der Waals surface area (Å²) in [4.78, 5) is 23.5. The fourth-order valence-corrected chi connectivity index (χ4v) is 1.93. The number of amides is 2. The lowest BCUT2D eigenvalue weighted by Crippen LogP contribution is -2.47. The van der Waals surface area contributed by atoms with Crippen LogP contribution in [0.25, 0.3) is 10.8 Å². The number of fused-ring (bicyclic) bond motifs is 1. The number of carbonyl (C=O) groups is 2. The second-order valence-corrected chi connectivity index (χ2v) is 5.07. The number of hydrogen-bond acceptors (Lipinski definition) is 3. The highest BCUT2D eigenvalue weighted by atomic mass is 16.2. The highest BCUT2D eigenvalue weighted by Crippen LogP contribution is 2.18. The smallest absolute Gasteiger partial charge is 0.246 e. The predicted octanol–water partition coefficient (Wildman–Crippen LogP) is 1.63. The van der Waals surface area contributed by atoms with Crippen LogP contribution in [0.1, 0.15) is 13.8 Å². The Kier molecular flexibility index (Phi) is 4.55. The third-order valence-corrected chi connectivity index (χ3v) is 3.18. The SMILES string of the molecule is C[C@H](N)C(=O)N[C@@H](C)C(=O)Nc1ccc2ccccc2c1. The van der Waals surface area contributed by atoms with Crippen LogP contribution in [-0.4, -0.2) is 23.9 Å². The molecule has 0 aliphatic rings. The van der Waals surface area contributed by atoms with Crippen LogP contribution >= 0.6 is 0 Å². The molecule has 5 heteroatoms. The van der Waals surface area contributed by atoms with Gasteiger partial charge in [-0.3, -0.25) is 9.59 Å². The third-order valence-electron chi connectivity index (χ3n) is 3.18. The fourth-order valence-electron chi connectivity index (χ4n) is 1.93. The fraction of sp³-hybridized carbons (Fsp3) is 0.250. The molecule has 5 nitrogen and oxygen atoms in total. The van der Waals surface area contributed by atoms with Crippen molar-refractivity contribution in [3.63, 3.8) is 0 Å². The molecule has 2 aromatic carbocycles. The minimum absolute atomic E-state index is 0.278. The number of nitrogens with two attached hydrogens (primary N) is 1. The van der Waals surface area contributed by atoms with E-state index < -0.39 is 12.1 Å². The average Bonchev–Trinajstić information content (AvgIpc) is 2.46. The summed E-state index contributed by atoms with van der Waals surface area (Å²) in [6.07, 6.45) is 0. The first-order valence-electron chi connectivity index (χ1n) is 6.83. The zero-order valence-electron chi connectivity index (χ0n) is 12.1. The van der Waals surface area contributed by atoms with Gasteiger partial charge in [-0.15, -0.1) is 0 Å². The highest BCUT2D eigenvalue weighted by molar-refractivity contribution is 5.99. The summed E-state index contributed by atoms with van der Waals surface area (Å²) in [5.41, 5.74) is 6.15. The Morgan fingerprint density at radius 3 is 2.33 bits per heavy atom. The van der Waals surface area contributed by atoms with Gasteiger partial charge in [-0.25, -0.2) is 0 Å². The van der Waals surface area contributed by atoms with Gasteiger partial charge in [-0.05, 0) is 36.8 Å². The molecule has 0 spiro atoms. The van der Waals surface area contributed by atoms with E-state index in [-0.39, 0.29) is 11.8 Å². The topological polar surface area (TPSA) is 84.2 Å². The highest BCUT2D eigenvalue weighted by Gasteiger charge is 2.17. The van der Waals surface area contributed by atoms with Gasteiger partial charge in [0, 0.05) is 5.69 Å². The molecule has 0 unspecified atom stereocenters. The monoisotopic (exact) mass is 285 g/mol. The van der Waals surface area contributed by atoms with Gasteiger partial charge in [-0.1, -0.05) is 30.3 Å². The summed E-state index contributed by atoms with van der Waals surface area (Å²) in [5.74, 6) is -0.629. The first-order chi connectivity index (χ1) is 9.97. The van der Waals surface area contributed by atoms with Gasteiger partial charge in [0.15, 0.2) is 0 Å². The Morgan fingerprint density at radius 1 is 1.00 bits per heavy atom. The van der Waals surface area contributed by atoms with E-state index in [4.69, 9.17) is 5.73 Å². The van der Waals surface area contributed by atoms with Crippen molar-refractivity contribution in [3.8, 4) is 0 Å². The lowest BCUT2D eigenvalue weighted by atomic mass is 10.1. The van der Waals surface area contributed by atoms with Gasteiger partial charge in [0.25, 0.3) is 0 Å². The van der Waals surface area contributed by atoms with E-state index in [0.717, 1.165) is 10.8 Å². The molecular weight excluding hydrogens is 266 g/mol. The van der Waals surface area contributed by atoms with E-state index in [0.29, 0.717) is 5.69 Å². The lowest BCUT2D eigenvalue weighted by molar-refractivity contribution is -0.126. The maximum atomic E-state index is 12.0. The molecule has 0 aromatic heterocycles. The standard InChI is InChI=1S/C16H19N3O2/c1-10(17)15(20)18-11(2)16(21)19-14-8-7-12-5-3-4-6-13(12)9-14/h3-11H,17H2,1-2H3,(H,18,20)(H,19,21)/t10-,11-/m0/s1. The molecule has 2 amide bonds. The minimum Gasteiger partial charge on any atom is -0.343 e. The summed E-state index contributed by atoms with van der Waals surface area (Å²) >= 11 is 0. The molecule has 0 aliphatic carbocycles. The normalized spacial score (nSPS) is 13.5. The van der Waals surface area contributed by atoms with Crippen molar-refractivity contribution in [3.05, 3.63) is 42.5 Å². The average molecular weight is 285 g/mol. The molecule has 21 heavy (non-hydrogen) atoms. The largest absolute Gasteiger partial charge is 0.343 e. The number of anilines is 1. The van der Waals surface area contributed by atoms with Crippen molar-refractivity contribution in [2.24, 2.45) is 5.73 Å². The number of carbonyl (C=O) groups excluding carboxylic acids is 2. The molecule has 0 saturated heterocycles. The molecule has 0 saturated carbocycles. The molecule has 110 valence electrons. The van der Waals surface area contributed by atoms with E-state index in [1.54, 1.807) is 13.8 Å². The van der Waals surface area contributed by atoms with Crippen LogP contribution in [0.2, 0.25) is 0 Å². The Morgan fingerprint density at radius 2 is 1.67 bits per heavy atom. The molecule has 0 bridgehead atoms. The molecule has 4 N–H and O–H groups in total. The summed E-state index contributed by atoms with van der Waals surface area (Å²) < 4.78 is 0. The van der Waals surface area contributed by atoms with Gasteiger partial charge in [-0.2, -0.15) is 0 Å². The van der Waals surface area contributed by atoms with Gasteiger partial charge in [0.05, 0.1) is 6.04 Å². The van der Waals surface area contributed by atoms with Crippen molar-refractivity contribution in [2.75, 3.05) is 5.32 Å². The Labute approximate surface area is 123 Å². The van der Waals surface area contributed by atoms with Crippen LogP contribution < -0.4 is 16.4 Å². The van der Waals surface area contributed by atoms with Crippen molar-refractivity contribution in [1.82, 2.24) is 5.32 Å². The van der Waals surface area contributed by atoms with Gasteiger partial charge in [0.1, 0.15) is 6.04 Å². The summed E-state index contributed by atoms with van der Waals surface area (Å²) in [6.45, 7) is 3.19. The van der Waals surface area contributed by atoms with E-state index in [1.807, 2.05) is 42.5 Å². The van der Waals surface area contributed by atoms with Crippen molar-refractivity contribution in [1.29, 1.82) is 0 Å². The maximum absolute atomic E-state index is 12.0. The van der Waals surface area contributed by atoms with E-state index in [1.165, 1.54) is 0 Å². The lowest BCUT2D eigenvalue weighted by Gasteiger charge is -2.15. The quantitative estimate of drug-likeness (QED) is 0.798. The molecular formula is C16H19N3O2. The first-order valence-corrected chi connectivity index (χ1v) is 6.83. The van der Waals surface area contributed by atoms with Gasteiger partial charge < -0.3 is 16.4 Å². The van der Waals surface area contributed by atoms with Crippen LogP contribution in [0.4, 0.5) is 5.69 Å².